The molecule has 0 aliphatic rings. The molecular formula is C21H24N2O5. The van der Waals surface area contributed by atoms with E-state index in [-0.39, 0.29) is 5.91 Å². The zero-order valence-electron chi connectivity index (χ0n) is 16.2. The van der Waals surface area contributed by atoms with Gasteiger partial charge in [0.25, 0.3) is 11.8 Å². The molecule has 0 unspecified atom stereocenters. The molecule has 0 aliphatic heterocycles. The minimum Gasteiger partial charge on any atom is -0.492 e. The lowest BCUT2D eigenvalue weighted by Crippen LogP contribution is -2.40. The summed E-state index contributed by atoms with van der Waals surface area (Å²) in [6, 6.07) is 13.1. The van der Waals surface area contributed by atoms with Gasteiger partial charge in [-0.3, -0.25) is 9.59 Å². The van der Waals surface area contributed by atoms with Crippen molar-refractivity contribution >= 4 is 23.5 Å². The van der Waals surface area contributed by atoms with Gasteiger partial charge in [-0.1, -0.05) is 29.8 Å². The normalized spacial score (nSPS) is 11.2. The second-order valence-corrected chi connectivity index (χ2v) is 6.15. The van der Waals surface area contributed by atoms with Gasteiger partial charge in [-0.15, -0.1) is 0 Å². The monoisotopic (exact) mass is 384 g/mol. The molecule has 2 aromatic rings. The molecule has 0 fully saturated rings. The predicted octanol–water partition coefficient (Wildman–Crippen LogP) is 2.69. The highest BCUT2D eigenvalue weighted by Crippen LogP contribution is 2.23. The first-order chi connectivity index (χ1) is 13.4. The third kappa shape index (κ3) is 6.12. The van der Waals surface area contributed by atoms with E-state index in [0.29, 0.717) is 23.6 Å². The van der Waals surface area contributed by atoms with Gasteiger partial charge in [0.15, 0.2) is 6.61 Å². The van der Waals surface area contributed by atoms with Crippen molar-refractivity contribution < 1.29 is 23.9 Å². The van der Waals surface area contributed by atoms with E-state index < -0.39 is 24.5 Å². The molecule has 2 rings (SSSR count). The van der Waals surface area contributed by atoms with E-state index >= 15 is 0 Å². The van der Waals surface area contributed by atoms with Crippen LogP contribution in [0.1, 0.15) is 29.8 Å². The van der Waals surface area contributed by atoms with E-state index in [9.17, 15) is 14.4 Å². The van der Waals surface area contributed by atoms with Gasteiger partial charge in [0.05, 0.1) is 12.3 Å². The van der Waals surface area contributed by atoms with Gasteiger partial charge in [-0.05, 0) is 45.0 Å². The molecule has 0 saturated heterocycles. The average molecular weight is 384 g/mol. The molecule has 2 amide bonds. The maximum atomic E-state index is 12.2. The molecule has 7 nitrogen and oxygen atoms in total. The molecule has 148 valence electrons. The summed E-state index contributed by atoms with van der Waals surface area (Å²) in [5.74, 6) is -1.06. The molecule has 0 aliphatic carbocycles. The van der Waals surface area contributed by atoms with Gasteiger partial charge in [0.1, 0.15) is 11.8 Å². The van der Waals surface area contributed by atoms with Gasteiger partial charge < -0.3 is 20.1 Å². The number of carbonyl (C=O) groups excluding carboxylic acids is 3. The number of para-hydroxylation sites is 2. The van der Waals surface area contributed by atoms with E-state index in [0.717, 1.165) is 5.56 Å². The van der Waals surface area contributed by atoms with Crippen LogP contribution in [0.5, 0.6) is 5.75 Å². The van der Waals surface area contributed by atoms with Gasteiger partial charge in [-0.2, -0.15) is 0 Å². The highest BCUT2D eigenvalue weighted by Gasteiger charge is 2.19. The summed E-state index contributed by atoms with van der Waals surface area (Å²) in [6.45, 7) is 5.20. The molecule has 0 aromatic heterocycles. The standard InChI is InChI=1S/C21H24N2O5/c1-4-27-18-11-6-5-10-17(18)23-19(24)13-28-21(26)15(3)22-20(25)16-9-7-8-14(2)12-16/h5-12,15H,4,13H2,1-3H3,(H,22,25)(H,23,24)/t15-/m0/s1. The summed E-state index contributed by atoms with van der Waals surface area (Å²) in [5, 5.41) is 5.19. The van der Waals surface area contributed by atoms with Crippen molar-refractivity contribution in [2.24, 2.45) is 0 Å². The number of anilines is 1. The van der Waals surface area contributed by atoms with Crippen molar-refractivity contribution in [3.8, 4) is 5.75 Å². The molecule has 0 saturated carbocycles. The molecule has 2 aromatic carbocycles. The smallest absolute Gasteiger partial charge is 0.328 e. The Labute approximate surface area is 164 Å². The molecule has 0 bridgehead atoms. The molecule has 0 radical (unpaired) electrons. The quantitative estimate of drug-likeness (QED) is 0.683. The molecular weight excluding hydrogens is 360 g/mol. The van der Waals surface area contributed by atoms with Crippen molar-refractivity contribution in [2.45, 2.75) is 26.8 Å². The van der Waals surface area contributed by atoms with Crippen LogP contribution in [-0.4, -0.2) is 37.0 Å². The average Bonchev–Trinajstić information content (AvgIpc) is 2.67. The Bertz CT molecular complexity index is 850. The Morgan fingerprint density at radius 3 is 2.54 bits per heavy atom. The third-order valence-electron chi connectivity index (χ3n) is 3.79. The zero-order chi connectivity index (χ0) is 20.5. The van der Waals surface area contributed by atoms with Crippen LogP contribution in [-0.2, 0) is 14.3 Å². The van der Waals surface area contributed by atoms with Crippen LogP contribution in [0.25, 0.3) is 0 Å². The first-order valence-corrected chi connectivity index (χ1v) is 8.96. The maximum absolute atomic E-state index is 12.2. The number of hydrogen-bond acceptors (Lipinski definition) is 5. The molecule has 0 heterocycles. The number of esters is 1. The minimum atomic E-state index is -0.892. The van der Waals surface area contributed by atoms with Crippen LogP contribution in [0.15, 0.2) is 48.5 Å². The number of amides is 2. The highest BCUT2D eigenvalue weighted by atomic mass is 16.5. The SMILES string of the molecule is CCOc1ccccc1NC(=O)COC(=O)[C@H](C)NC(=O)c1cccc(C)c1. The van der Waals surface area contributed by atoms with Crippen molar-refractivity contribution in [1.82, 2.24) is 5.32 Å². The number of rotatable bonds is 8. The minimum absolute atomic E-state index is 0.386. The van der Waals surface area contributed by atoms with E-state index in [4.69, 9.17) is 9.47 Å². The lowest BCUT2D eigenvalue weighted by atomic mass is 10.1. The van der Waals surface area contributed by atoms with Crippen molar-refractivity contribution in [1.29, 1.82) is 0 Å². The lowest BCUT2D eigenvalue weighted by molar-refractivity contribution is -0.148. The maximum Gasteiger partial charge on any atom is 0.328 e. The largest absolute Gasteiger partial charge is 0.492 e. The second kappa shape index (κ2) is 10.1. The van der Waals surface area contributed by atoms with Crippen LogP contribution in [0.2, 0.25) is 0 Å². The summed E-state index contributed by atoms with van der Waals surface area (Å²) in [5.41, 5.74) is 1.88. The van der Waals surface area contributed by atoms with E-state index in [1.165, 1.54) is 6.92 Å². The van der Waals surface area contributed by atoms with Crippen LogP contribution in [0.3, 0.4) is 0 Å². The number of hydrogen-bond donors (Lipinski definition) is 2. The van der Waals surface area contributed by atoms with Gasteiger partial charge in [0, 0.05) is 5.56 Å². The topological polar surface area (TPSA) is 93.7 Å². The second-order valence-electron chi connectivity index (χ2n) is 6.15. The van der Waals surface area contributed by atoms with Gasteiger partial charge in [-0.25, -0.2) is 4.79 Å². The Hall–Kier alpha value is -3.35. The molecule has 1 atom stereocenters. The summed E-state index contributed by atoms with van der Waals surface area (Å²) in [7, 11) is 0. The van der Waals surface area contributed by atoms with Gasteiger partial charge >= 0.3 is 5.97 Å². The van der Waals surface area contributed by atoms with Crippen LogP contribution in [0.4, 0.5) is 5.69 Å². The number of benzene rings is 2. The van der Waals surface area contributed by atoms with Crippen LogP contribution < -0.4 is 15.4 Å². The van der Waals surface area contributed by atoms with E-state index in [1.54, 1.807) is 42.5 Å². The summed E-state index contributed by atoms with van der Waals surface area (Å²) in [4.78, 5) is 36.3. The Kier molecular flexibility index (Phi) is 7.56. The molecule has 2 N–H and O–H groups in total. The fraction of sp³-hybridized carbons (Fsp3) is 0.286. The van der Waals surface area contributed by atoms with Crippen LogP contribution in [0, 0.1) is 6.92 Å². The summed E-state index contributed by atoms with van der Waals surface area (Å²) >= 11 is 0. The van der Waals surface area contributed by atoms with Gasteiger partial charge in [0.2, 0.25) is 0 Å². The first kappa shape index (κ1) is 21.0. The van der Waals surface area contributed by atoms with Crippen molar-refractivity contribution in [3.05, 3.63) is 59.7 Å². The highest BCUT2D eigenvalue weighted by molar-refractivity contribution is 5.97. The molecule has 0 spiro atoms. The first-order valence-electron chi connectivity index (χ1n) is 8.96. The van der Waals surface area contributed by atoms with Crippen molar-refractivity contribution in [3.63, 3.8) is 0 Å². The van der Waals surface area contributed by atoms with Crippen molar-refractivity contribution in [2.75, 3.05) is 18.5 Å². The number of ether oxygens (including phenoxy) is 2. The number of nitrogens with one attached hydrogen (secondary N) is 2. The Morgan fingerprint density at radius 1 is 1.07 bits per heavy atom. The Balaban J connectivity index is 1.84. The summed E-state index contributed by atoms with van der Waals surface area (Å²) < 4.78 is 10.4. The van der Waals surface area contributed by atoms with Crippen LogP contribution >= 0.6 is 0 Å². The third-order valence-corrected chi connectivity index (χ3v) is 3.79. The summed E-state index contributed by atoms with van der Waals surface area (Å²) in [6.07, 6.45) is 0. The Morgan fingerprint density at radius 2 is 1.82 bits per heavy atom. The van der Waals surface area contributed by atoms with E-state index in [1.807, 2.05) is 19.9 Å². The fourth-order valence-corrected chi connectivity index (χ4v) is 2.42. The predicted molar refractivity (Wildman–Crippen MR) is 105 cm³/mol. The zero-order valence-corrected chi connectivity index (χ0v) is 16.2. The number of carbonyl (C=O) groups is 3. The van der Waals surface area contributed by atoms with E-state index in [2.05, 4.69) is 10.6 Å². The fourth-order valence-electron chi connectivity index (χ4n) is 2.42. The molecule has 28 heavy (non-hydrogen) atoms. The lowest BCUT2D eigenvalue weighted by Gasteiger charge is -2.14. The molecule has 7 heteroatoms. The number of aryl methyl sites for hydroxylation is 1.